The quantitative estimate of drug-likeness (QED) is 0.816. The second-order valence-electron chi connectivity index (χ2n) is 5.35. The van der Waals surface area contributed by atoms with E-state index in [0.29, 0.717) is 15.2 Å². The number of carbonyl (C=O) groups excluding carboxylic acids is 1. The molecule has 0 unspecified atom stereocenters. The summed E-state index contributed by atoms with van der Waals surface area (Å²) in [5.74, 6) is -0.443. The molecule has 2 aromatic carbocycles. The first-order chi connectivity index (χ1) is 12.1. The van der Waals surface area contributed by atoms with Gasteiger partial charge >= 0.3 is 0 Å². The number of halogens is 1. The third-order valence-electron chi connectivity index (χ3n) is 3.63. The maximum atomic E-state index is 12.4. The zero-order valence-electron chi connectivity index (χ0n) is 12.8. The third-order valence-corrected chi connectivity index (χ3v) is 4.83. The molecule has 0 fully saturated rings. The van der Waals surface area contributed by atoms with Crippen LogP contribution in [0.4, 0.5) is 0 Å². The Morgan fingerprint density at radius 2 is 1.92 bits per heavy atom. The number of hydrogen-bond donors (Lipinski definition) is 1. The predicted molar refractivity (Wildman–Crippen MR) is 102 cm³/mol. The van der Waals surface area contributed by atoms with Gasteiger partial charge in [0.15, 0.2) is 5.84 Å². The van der Waals surface area contributed by atoms with E-state index in [-0.39, 0.29) is 11.4 Å². The average molecular weight is 367 g/mol. The molecule has 0 saturated heterocycles. The van der Waals surface area contributed by atoms with Crippen LogP contribution >= 0.6 is 23.4 Å². The number of hydrazone groups is 1. The lowest BCUT2D eigenvalue weighted by atomic mass is 10.1. The molecule has 4 rings (SSSR count). The molecule has 0 bridgehead atoms. The van der Waals surface area contributed by atoms with E-state index >= 15 is 0 Å². The molecule has 5 nitrogen and oxygen atoms in total. The van der Waals surface area contributed by atoms with Crippen molar-refractivity contribution in [2.75, 3.05) is 0 Å². The van der Waals surface area contributed by atoms with Crippen molar-refractivity contribution in [3.05, 3.63) is 76.3 Å². The van der Waals surface area contributed by atoms with Crippen LogP contribution in [0.1, 0.15) is 11.1 Å². The van der Waals surface area contributed by atoms with Crippen molar-refractivity contribution in [2.45, 2.75) is 0 Å². The highest BCUT2D eigenvalue weighted by Crippen LogP contribution is 2.30. The standard InChI is InChI=1S/C18H11ClN4OS/c19-13-8-4-5-11(9-13)10-14-15(20)23-18(21-16(14)24)25-17(22-23)12-6-2-1-3-7-12/h1-10,20H/b14-10-,20-15?. The molecule has 0 spiro atoms. The van der Waals surface area contributed by atoms with Crippen LogP contribution in [0.15, 0.2) is 70.3 Å². The summed E-state index contributed by atoms with van der Waals surface area (Å²) in [4.78, 5) is 16.4. The summed E-state index contributed by atoms with van der Waals surface area (Å²) in [7, 11) is 0. The van der Waals surface area contributed by atoms with Crippen molar-refractivity contribution in [2.24, 2.45) is 10.1 Å². The van der Waals surface area contributed by atoms with Crippen molar-refractivity contribution in [3.63, 3.8) is 0 Å². The third kappa shape index (κ3) is 3.01. The molecule has 2 aliphatic heterocycles. The lowest BCUT2D eigenvalue weighted by Gasteiger charge is -2.20. The number of nitrogens with zero attached hydrogens (tertiary/aromatic N) is 3. The van der Waals surface area contributed by atoms with Crippen LogP contribution in [-0.2, 0) is 4.79 Å². The first-order valence-corrected chi connectivity index (χ1v) is 8.62. The lowest BCUT2D eigenvalue weighted by Crippen LogP contribution is -2.35. The van der Waals surface area contributed by atoms with E-state index in [2.05, 4.69) is 10.1 Å². The summed E-state index contributed by atoms with van der Waals surface area (Å²) in [5, 5.41) is 15.9. The average Bonchev–Trinajstić information content (AvgIpc) is 3.04. The summed E-state index contributed by atoms with van der Waals surface area (Å²) >= 11 is 7.26. The van der Waals surface area contributed by atoms with Gasteiger partial charge in [-0.2, -0.15) is 15.1 Å². The number of carbonyl (C=O) groups is 1. The zero-order valence-corrected chi connectivity index (χ0v) is 14.4. The molecule has 25 heavy (non-hydrogen) atoms. The number of rotatable bonds is 2. The fraction of sp³-hybridized carbons (Fsp3) is 0. The number of amides is 1. The first-order valence-electron chi connectivity index (χ1n) is 7.43. The molecule has 2 heterocycles. The SMILES string of the molecule is N=C1/C(=C/c2cccc(Cl)c2)C(=O)N=C2SC(c3ccccc3)=NN12. The van der Waals surface area contributed by atoms with Gasteiger partial charge in [0.2, 0.25) is 5.17 Å². The summed E-state index contributed by atoms with van der Waals surface area (Å²) in [6, 6.07) is 16.7. The van der Waals surface area contributed by atoms with Gasteiger partial charge < -0.3 is 0 Å². The molecule has 2 aliphatic rings. The lowest BCUT2D eigenvalue weighted by molar-refractivity contribution is -0.114. The van der Waals surface area contributed by atoms with Gasteiger partial charge in [-0.3, -0.25) is 10.2 Å². The predicted octanol–water partition coefficient (Wildman–Crippen LogP) is 4.01. The maximum absolute atomic E-state index is 12.4. The van der Waals surface area contributed by atoms with Crippen LogP contribution in [0.2, 0.25) is 5.02 Å². The molecule has 0 saturated carbocycles. The highest BCUT2D eigenvalue weighted by atomic mass is 35.5. The molecule has 1 amide bonds. The minimum absolute atomic E-state index is 0.00778. The van der Waals surface area contributed by atoms with Crippen LogP contribution in [-0.4, -0.2) is 27.0 Å². The topological polar surface area (TPSA) is 68.9 Å². The van der Waals surface area contributed by atoms with Crippen molar-refractivity contribution in [3.8, 4) is 0 Å². The molecule has 122 valence electrons. The Morgan fingerprint density at radius 3 is 2.68 bits per heavy atom. The van der Waals surface area contributed by atoms with E-state index in [0.717, 1.165) is 11.1 Å². The van der Waals surface area contributed by atoms with Gasteiger partial charge in [-0.25, -0.2) is 0 Å². The second-order valence-corrected chi connectivity index (χ2v) is 6.74. The molecule has 0 atom stereocenters. The van der Waals surface area contributed by atoms with Crippen molar-refractivity contribution >= 4 is 51.4 Å². The number of fused-ring (bicyclic) bond motifs is 1. The van der Waals surface area contributed by atoms with E-state index in [4.69, 9.17) is 17.0 Å². The normalized spacial score (nSPS) is 18.3. The molecule has 1 N–H and O–H groups in total. The molecule has 0 aromatic heterocycles. The van der Waals surface area contributed by atoms with Crippen molar-refractivity contribution in [1.29, 1.82) is 5.41 Å². The zero-order chi connectivity index (χ0) is 17.4. The number of nitrogens with one attached hydrogen (secondary N) is 1. The summed E-state index contributed by atoms with van der Waals surface area (Å²) in [6.45, 7) is 0. The van der Waals surface area contributed by atoms with Crippen LogP contribution in [0.3, 0.4) is 0 Å². The molecular weight excluding hydrogens is 356 g/mol. The van der Waals surface area contributed by atoms with Gasteiger partial charge in [0.1, 0.15) is 5.04 Å². The molecule has 0 radical (unpaired) electrons. The number of hydrogen-bond acceptors (Lipinski definition) is 4. The van der Waals surface area contributed by atoms with Gasteiger partial charge in [-0.05, 0) is 35.5 Å². The van der Waals surface area contributed by atoms with E-state index in [9.17, 15) is 4.79 Å². The summed E-state index contributed by atoms with van der Waals surface area (Å²) < 4.78 is 0. The Morgan fingerprint density at radius 1 is 1.12 bits per heavy atom. The van der Waals surface area contributed by atoms with E-state index in [1.807, 2.05) is 36.4 Å². The van der Waals surface area contributed by atoms with Crippen LogP contribution in [0, 0.1) is 5.41 Å². The van der Waals surface area contributed by atoms with E-state index in [1.165, 1.54) is 16.8 Å². The van der Waals surface area contributed by atoms with Gasteiger partial charge in [0.05, 0.1) is 5.57 Å². The highest BCUT2D eigenvalue weighted by molar-refractivity contribution is 8.27. The number of amidine groups is 2. The smallest absolute Gasteiger partial charge is 0.282 e. The van der Waals surface area contributed by atoms with Gasteiger partial charge in [-0.15, -0.1) is 0 Å². The van der Waals surface area contributed by atoms with Crippen LogP contribution in [0.25, 0.3) is 6.08 Å². The Bertz CT molecular complexity index is 982. The Kier molecular flexibility index (Phi) is 3.99. The van der Waals surface area contributed by atoms with Crippen LogP contribution < -0.4 is 0 Å². The largest absolute Gasteiger partial charge is 0.283 e. The molecule has 0 aliphatic carbocycles. The Hall–Kier alpha value is -2.70. The minimum Gasteiger partial charge on any atom is -0.282 e. The molecular formula is C18H11ClN4OS. The molecule has 2 aromatic rings. The number of aliphatic imine (C=N–C) groups is 1. The van der Waals surface area contributed by atoms with E-state index in [1.54, 1.807) is 24.3 Å². The van der Waals surface area contributed by atoms with Gasteiger partial charge in [0, 0.05) is 10.6 Å². The number of benzene rings is 2. The fourth-order valence-corrected chi connectivity index (χ4v) is 3.55. The Labute approximate surface area is 153 Å². The minimum atomic E-state index is -0.451. The molecule has 7 heteroatoms. The fourth-order valence-electron chi connectivity index (χ4n) is 2.45. The second kappa shape index (κ2) is 6.31. The monoisotopic (exact) mass is 366 g/mol. The Balaban J connectivity index is 1.71. The van der Waals surface area contributed by atoms with Crippen LogP contribution in [0.5, 0.6) is 0 Å². The van der Waals surface area contributed by atoms with Crippen molar-refractivity contribution in [1.82, 2.24) is 5.01 Å². The summed E-state index contributed by atoms with van der Waals surface area (Å²) in [5.41, 5.74) is 1.84. The maximum Gasteiger partial charge on any atom is 0.283 e. The van der Waals surface area contributed by atoms with E-state index < -0.39 is 5.91 Å². The highest BCUT2D eigenvalue weighted by Gasteiger charge is 2.35. The number of thioether (sulfide) groups is 1. The first kappa shape index (κ1) is 15.8. The summed E-state index contributed by atoms with van der Waals surface area (Å²) in [6.07, 6.45) is 1.61. The van der Waals surface area contributed by atoms with Crippen molar-refractivity contribution < 1.29 is 4.79 Å². The van der Waals surface area contributed by atoms with Gasteiger partial charge in [0.25, 0.3) is 5.91 Å². The van der Waals surface area contributed by atoms with Gasteiger partial charge in [-0.1, -0.05) is 54.1 Å².